The van der Waals surface area contributed by atoms with Crippen LogP contribution in [0.4, 0.5) is 6.01 Å². The summed E-state index contributed by atoms with van der Waals surface area (Å²) in [6.07, 6.45) is 3.14. The molecule has 4 rings (SSSR count). The van der Waals surface area contributed by atoms with Crippen LogP contribution in [0.15, 0.2) is 27.6 Å². The molecule has 0 atom stereocenters. The molecule has 1 aliphatic heterocycles. The molecule has 0 unspecified atom stereocenters. The van der Waals surface area contributed by atoms with Crippen molar-refractivity contribution in [2.75, 3.05) is 31.1 Å². The Balaban J connectivity index is 1.46. The van der Waals surface area contributed by atoms with Crippen LogP contribution >= 0.6 is 0 Å². The van der Waals surface area contributed by atoms with E-state index in [9.17, 15) is 8.42 Å². The first-order valence-corrected chi connectivity index (χ1v) is 10.6. The van der Waals surface area contributed by atoms with E-state index in [1.165, 1.54) is 11.1 Å². The van der Waals surface area contributed by atoms with E-state index in [0.717, 1.165) is 19.3 Å². The molecule has 0 radical (unpaired) electrons. The third kappa shape index (κ3) is 3.12. The summed E-state index contributed by atoms with van der Waals surface area (Å²) in [6.45, 7) is 5.94. The number of nitrogens with zero attached hydrogens (tertiary/aromatic N) is 4. The molecule has 8 heteroatoms. The molecule has 2 aliphatic rings. The Morgan fingerprint density at radius 2 is 1.81 bits per heavy atom. The summed E-state index contributed by atoms with van der Waals surface area (Å²) in [4.78, 5) is 6.76. The first-order valence-electron chi connectivity index (χ1n) is 9.15. The van der Waals surface area contributed by atoms with Gasteiger partial charge in [0.05, 0.1) is 4.90 Å². The minimum atomic E-state index is -3.46. The molecule has 0 spiro atoms. The molecule has 1 fully saturated rings. The van der Waals surface area contributed by atoms with Gasteiger partial charge in [-0.1, -0.05) is 25.1 Å². The van der Waals surface area contributed by atoms with Crippen LogP contribution in [0.3, 0.4) is 0 Å². The van der Waals surface area contributed by atoms with Crippen molar-refractivity contribution < 1.29 is 12.9 Å². The third-order valence-electron chi connectivity index (χ3n) is 5.16. The zero-order valence-corrected chi connectivity index (χ0v) is 16.0. The van der Waals surface area contributed by atoms with E-state index < -0.39 is 10.0 Å². The summed E-state index contributed by atoms with van der Waals surface area (Å²) in [5, 5.41) is 3.98. The molecule has 1 aromatic carbocycles. The standard InChI is InChI=1S/C18H24N4O3S/c1-13(2)17-19-18(25-20-17)21-8-10-22(11-9-21)26(23,24)16-7-6-14-4-3-5-15(14)12-16/h6-7,12-13H,3-5,8-11H2,1-2H3. The van der Waals surface area contributed by atoms with Crippen LogP contribution in [0.2, 0.25) is 0 Å². The van der Waals surface area contributed by atoms with Crippen LogP contribution in [0, 0.1) is 0 Å². The Bertz CT molecular complexity index is 899. The average Bonchev–Trinajstić information content (AvgIpc) is 3.30. The molecule has 2 aromatic rings. The Morgan fingerprint density at radius 1 is 1.08 bits per heavy atom. The highest BCUT2D eigenvalue weighted by molar-refractivity contribution is 7.89. The van der Waals surface area contributed by atoms with E-state index in [1.807, 2.05) is 30.9 Å². The second-order valence-electron chi connectivity index (χ2n) is 7.27. The number of piperazine rings is 1. The number of hydrogen-bond donors (Lipinski definition) is 0. The van der Waals surface area contributed by atoms with Gasteiger partial charge in [0.1, 0.15) is 0 Å². The van der Waals surface area contributed by atoms with Crippen LogP contribution in [0.1, 0.15) is 43.1 Å². The zero-order chi connectivity index (χ0) is 18.3. The number of sulfonamides is 1. The van der Waals surface area contributed by atoms with E-state index in [1.54, 1.807) is 10.4 Å². The predicted molar refractivity (Wildman–Crippen MR) is 97.8 cm³/mol. The predicted octanol–water partition coefficient (Wildman–Crippen LogP) is 2.19. The fourth-order valence-electron chi connectivity index (χ4n) is 3.57. The van der Waals surface area contributed by atoms with E-state index in [4.69, 9.17) is 4.52 Å². The Hall–Kier alpha value is -1.93. The van der Waals surface area contributed by atoms with Gasteiger partial charge >= 0.3 is 6.01 Å². The molecule has 2 heterocycles. The third-order valence-corrected chi connectivity index (χ3v) is 7.06. The van der Waals surface area contributed by atoms with Crippen molar-refractivity contribution in [1.82, 2.24) is 14.4 Å². The normalized spacial score (nSPS) is 18.5. The van der Waals surface area contributed by atoms with Crippen molar-refractivity contribution in [2.45, 2.75) is 43.9 Å². The van der Waals surface area contributed by atoms with Crippen molar-refractivity contribution in [3.63, 3.8) is 0 Å². The highest BCUT2D eigenvalue weighted by atomic mass is 32.2. The maximum absolute atomic E-state index is 13.0. The van der Waals surface area contributed by atoms with Crippen LogP contribution in [0.5, 0.6) is 0 Å². The molecule has 1 saturated heterocycles. The molecule has 0 N–H and O–H groups in total. The molecule has 0 bridgehead atoms. The summed E-state index contributed by atoms with van der Waals surface area (Å²) in [5.74, 6) is 0.877. The summed E-state index contributed by atoms with van der Waals surface area (Å²) < 4.78 is 32.8. The number of hydrogen-bond acceptors (Lipinski definition) is 6. The number of aromatic nitrogens is 2. The molecule has 1 aromatic heterocycles. The summed E-state index contributed by atoms with van der Waals surface area (Å²) >= 11 is 0. The number of fused-ring (bicyclic) bond motifs is 1. The quantitative estimate of drug-likeness (QED) is 0.814. The number of aryl methyl sites for hydroxylation is 2. The van der Waals surface area contributed by atoms with Gasteiger partial charge < -0.3 is 9.42 Å². The summed E-state index contributed by atoms with van der Waals surface area (Å²) in [6, 6.07) is 6.05. The monoisotopic (exact) mass is 376 g/mol. The lowest BCUT2D eigenvalue weighted by molar-refractivity contribution is 0.353. The molecule has 26 heavy (non-hydrogen) atoms. The van der Waals surface area contributed by atoms with Crippen LogP contribution in [-0.2, 0) is 22.9 Å². The minimum Gasteiger partial charge on any atom is -0.322 e. The lowest BCUT2D eigenvalue weighted by Gasteiger charge is -2.32. The van der Waals surface area contributed by atoms with Gasteiger partial charge in [-0.15, -0.1) is 0 Å². The maximum atomic E-state index is 13.0. The first kappa shape index (κ1) is 17.5. The lowest BCUT2D eigenvalue weighted by Crippen LogP contribution is -2.48. The fraction of sp³-hybridized carbons (Fsp3) is 0.556. The van der Waals surface area contributed by atoms with Crippen LogP contribution in [-0.4, -0.2) is 49.0 Å². The second kappa shape index (κ2) is 6.66. The topological polar surface area (TPSA) is 79.5 Å². The molecular weight excluding hydrogens is 352 g/mol. The van der Waals surface area contributed by atoms with Crippen molar-refractivity contribution in [1.29, 1.82) is 0 Å². The Kier molecular flexibility index (Phi) is 4.48. The summed E-state index contributed by atoms with van der Waals surface area (Å²) in [5.41, 5.74) is 2.46. The van der Waals surface area contributed by atoms with Gasteiger partial charge in [-0.3, -0.25) is 0 Å². The van der Waals surface area contributed by atoms with Crippen LogP contribution < -0.4 is 4.90 Å². The van der Waals surface area contributed by atoms with E-state index in [-0.39, 0.29) is 5.92 Å². The number of benzene rings is 1. The minimum absolute atomic E-state index is 0.203. The van der Waals surface area contributed by atoms with Crippen LogP contribution in [0.25, 0.3) is 0 Å². The van der Waals surface area contributed by atoms with E-state index in [2.05, 4.69) is 10.1 Å². The van der Waals surface area contributed by atoms with Crippen molar-refractivity contribution in [3.05, 3.63) is 35.2 Å². The second-order valence-corrected chi connectivity index (χ2v) is 9.20. The highest BCUT2D eigenvalue weighted by Gasteiger charge is 2.31. The van der Waals surface area contributed by atoms with Crippen molar-refractivity contribution >= 4 is 16.0 Å². The van der Waals surface area contributed by atoms with Gasteiger partial charge in [-0.05, 0) is 42.5 Å². The molecule has 140 valence electrons. The van der Waals surface area contributed by atoms with Gasteiger partial charge in [0.25, 0.3) is 0 Å². The largest absolute Gasteiger partial charge is 0.324 e. The molecule has 0 amide bonds. The maximum Gasteiger partial charge on any atom is 0.324 e. The van der Waals surface area contributed by atoms with Gasteiger partial charge in [0.2, 0.25) is 10.0 Å². The van der Waals surface area contributed by atoms with Crippen molar-refractivity contribution in [3.8, 4) is 0 Å². The van der Waals surface area contributed by atoms with Gasteiger partial charge in [0, 0.05) is 32.1 Å². The summed E-state index contributed by atoms with van der Waals surface area (Å²) in [7, 11) is -3.46. The Labute approximate surface area is 154 Å². The molecular formula is C18H24N4O3S. The van der Waals surface area contributed by atoms with Crippen molar-refractivity contribution in [2.24, 2.45) is 0 Å². The number of rotatable bonds is 4. The molecule has 7 nitrogen and oxygen atoms in total. The van der Waals surface area contributed by atoms with Gasteiger partial charge in [-0.2, -0.15) is 9.29 Å². The highest BCUT2D eigenvalue weighted by Crippen LogP contribution is 2.27. The first-order chi connectivity index (χ1) is 12.4. The van der Waals surface area contributed by atoms with E-state index >= 15 is 0 Å². The lowest BCUT2D eigenvalue weighted by atomic mass is 10.1. The Morgan fingerprint density at radius 3 is 2.50 bits per heavy atom. The van der Waals surface area contributed by atoms with Gasteiger partial charge in [0.15, 0.2) is 5.82 Å². The zero-order valence-electron chi connectivity index (χ0n) is 15.2. The van der Waals surface area contributed by atoms with Gasteiger partial charge in [-0.25, -0.2) is 8.42 Å². The SMILES string of the molecule is CC(C)c1noc(N2CCN(S(=O)(=O)c3ccc4c(c3)CCC4)CC2)n1. The van der Waals surface area contributed by atoms with E-state index in [0.29, 0.717) is 42.9 Å². The smallest absolute Gasteiger partial charge is 0.322 e. The fourth-order valence-corrected chi connectivity index (χ4v) is 5.04. The molecule has 1 aliphatic carbocycles. The number of anilines is 1. The average molecular weight is 376 g/mol. The molecule has 0 saturated carbocycles.